The molecule has 0 aliphatic carbocycles. The van der Waals surface area contributed by atoms with Gasteiger partial charge in [0.25, 0.3) is 5.91 Å². The molecule has 1 unspecified atom stereocenters. The van der Waals surface area contributed by atoms with E-state index in [1.807, 2.05) is 0 Å². The maximum absolute atomic E-state index is 12.3. The summed E-state index contributed by atoms with van der Waals surface area (Å²) in [7, 11) is 1.36. The quantitative estimate of drug-likeness (QED) is 0.852. The first-order valence-electron chi connectivity index (χ1n) is 5.55. The number of amides is 1. The van der Waals surface area contributed by atoms with Gasteiger partial charge in [-0.05, 0) is 17.7 Å². The number of hydrogen-bond acceptors (Lipinski definition) is 3. The van der Waals surface area contributed by atoms with Crippen molar-refractivity contribution in [3.63, 3.8) is 0 Å². The predicted octanol–water partition coefficient (Wildman–Crippen LogP) is 1.30. The minimum Gasteiger partial charge on any atom is -0.370 e. The molecule has 3 N–H and O–H groups in total. The molecule has 0 spiro atoms. The SMILES string of the molecule is COC(CN)C(=O)NCc1ccc(C(F)(F)F)cc1. The molecule has 0 aliphatic heterocycles. The number of ether oxygens (including phenoxy) is 1. The maximum atomic E-state index is 12.3. The molecule has 19 heavy (non-hydrogen) atoms. The number of hydrogen-bond donors (Lipinski definition) is 2. The van der Waals surface area contributed by atoms with Crippen LogP contribution < -0.4 is 11.1 Å². The Morgan fingerprint density at radius 3 is 2.37 bits per heavy atom. The smallest absolute Gasteiger partial charge is 0.370 e. The summed E-state index contributed by atoms with van der Waals surface area (Å²) in [4.78, 5) is 11.5. The lowest BCUT2D eigenvalue weighted by molar-refractivity contribution is -0.137. The lowest BCUT2D eigenvalue weighted by atomic mass is 10.1. The van der Waals surface area contributed by atoms with Gasteiger partial charge in [0.05, 0.1) is 5.56 Å². The highest BCUT2D eigenvalue weighted by Crippen LogP contribution is 2.28. The van der Waals surface area contributed by atoms with Crippen LogP contribution in [0.5, 0.6) is 0 Å². The van der Waals surface area contributed by atoms with Gasteiger partial charge >= 0.3 is 6.18 Å². The zero-order chi connectivity index (χ0) is 14.5. The minimum absolute atomic E-state index is 0.0370. The van der Waals surface area contributed by atoms with E-state index in [4.69, 9.17) is 10.5 Å². The van der Waals surface area contributed by atoms with Crippen molar-refractivity contribution in [1.29, 1.82) is 0 Å². The van der Waals surface area contributed by atoms with E-state index >= 15 is 0 Å². The van der Waals surface area contributed by atoms with Crippen molar-refractivity contribution in [1.82, 2.24) is 5.32 Å². The summed E-state index contributed by atoms with van der Waals surface area (Å²) in [6, 6.07) is 4.57. The lowest BCUT2D eigenvalue weighted by Gasteiger charge is -2.13. The number of carbonyl (C=O) groups is 1. The number of rotatable bonds is 5. The van der Waals surface area contributed by atoms with Crippen molar-refractivity contribution in [3.05, 3.63) is 35.4 Å². The van der Waals surface area contributed by atoms with Crippen molar-refractivity contribution < 1.29 is 22.7 Å². The fourth-order valence-corrected chi connectivity index (χ4v) is 1.42. The summed E-state index contributed by atoms with van der Waals surface area (Å²) >= 11 is 0. The molecule has 0 bridgehead atoms. The summed E-state index contributed by atoms with van der Waals surface area (Å²) in [6.45, 7) is 0.159. The second-order valence-corrected chi connectivity index (χ2v) is 3.87. The number of halogens is 3. The molecule has 106 valence electrons. The van der Waals surface area contributed by atoms with Crippen LogP contribution in [0.3, 0.4) is 0 Å². The monoisotopic (exact) mass is 276 g/mol. The number of nitrogens with two attached hydrogens (primary N) is 1. The van der Waals surface area contributed by atoms with Gasteiger partial charge in [-0.1, -0.05) is 12.1 Å². The van der Waals surface area contributed by atoms with Crippen molar-refractivity contribution in [2.75, 3.05) is 13.7 Å². The van der Waals surface area contributed by atoms with Gasteiger partial charge in [0.15, 0.2) is 0 Å². The second kappa shape index (κ2) is 6.53. The van der Waals surface area contributed by atoms with Gasteiger partial charge in [-0.25, -0.2) is 0 Å². The fourth-order valence-electron chi connectivity index (χ4n) is 1.42. The first kappa shape index (κ1) is 15.5. The number of benzene rings is 1. The van der Waals surface area contributed by atoms with Crippen LogP contribution in [0.15, 0.2) is 24.3 Å². The van der Waals surface area contributed by atoms with E-state index in [-0.39, 0.29) is 13.1 Å². The molecular weight excluding hydrogens is 261 g/mol. The van der Waals surface area contributed by atoms with Crippen LogP contribution in [-0.2, 0) is 22.3 Å². The Balaban J connectivity index is 2.57. The molecule has 0 aliphatic rings. The number of alkyl halides is 3. The second-order valence-electron chi connectivity index (χ2n) is 3.87. The third-order valence-corrected chi connectivity index (χ3v) is 2.54. The van der Waals surface area contributed by atoms with Gasteiger partial charge in [-0.15, -0.1) is 0 Å². The summed E-state index contributed by atoms with van der Waals surface area (Å²) in [5.74, 6) is -0.398. The number of carbonyl (C=O) groups excluding carboxylic acids is 1. The fraction of sp³-hybridized carbons (Fsp3) is 0.417. The molecule has 1 amide bonds. The highest BCUT2D eigenvalue weighted by atomic mass is 19.4. The minimum atomic E-state index is -4.36. The van der Waals surface area contributed by atoms with Gasteiger partial charge < -0.3 is 15.8 Å². The highest BCUT2D eigenvalue weighted by molar-refractivity contribution is 5.80. The van der Waals surface area contributed by atoms with Gasteiger partial charge in [-0.2, -0.15) is 13.2 Å². The van der Waals surface area contributed by atoms with Crippen molar-refractivity contribution in [3.8, 4) is 0 Å². The Hall–Kier alpha value is -1.60. The topological polar surface area (TPSA) is 64.3 Å². The summed E-state index contributed by atoms with van der Waals surface area (Å²) in [6.07, 6.45) is -5.11. The maximum Gasteiger partial charge on any atom is 0.416 e. The van der Waals surface area contributed by atoms with Crippen LogP contribution in [0.25, 0.3) is 0 Å². The summed E-state index contributed by atoms with van der Waals surface area (Å²) in [5.41, 5.74) is 5.15. The Morgan fingerprint density at radius 1 is 1.37 bits per heavy atom. The van der Waals surface area contributed by atoms with E-state index in [0.717, 1.165) is 12.1 Å². The van der Waals surface area contributed by atoms with Crippen LogP contribution in [0.1, 0.15) is 11.1 Å². The standard InChI is InChI=1S/C12H15F3N2O2/c1-19-10(6-16)11(18)17-7-8-2-4-9(5-3-8)12(13,14)15/h2-5,10H,6-7,16H2,1H3,(H,17,18). The van der Waals surface area contributed by atoms with Gasteiger partial charge in [0.1, 0.15) is 6.10 Å². The molecule has 0 saturated heterocycles. The van der Waals surface area contributed by atoms with Gasteiger partial charge in [0, 0.05) is 20.2 Å². The number of methoxy groups -OCH3 is 1. The van der Waals surface area contributed by atoms with E-state index in [9.17, 15) is 18.0 Å². The molecule has 1 aromatic carbocycles. The molecule has 1 atom stereocenters. The Bertz CT molecular complexity index is 414. The molecule has 1 rings (SSSR count). The first-order valence-corrected chi connectivity index (χ1v) is 5.55. The zero-order valence-corrected chi connectivity index (χ0v) is 10.3. The molecule has 0 heterocycles. The molecule has 4 nitrogen and oxygen atoms in total. The normalized spacial score (nSPS) is 13.1. The van der Waals surface area contributed by atoms with E-state index < -0.39 is 23.8 Å². The highest BCUT2D eigenvalue weighted by Gasteiger charge is 2.29. The average Bonchev–Trinajstić information content (AvgIpc) is 2.37. The molecule has 7 heteroatoms. The van der Waals surface area contributed by atoms with Crippen LogP contribution >= 0.6 is 0 Å². The average molecular weight is 276 g/mol. The molecule has 0 saturated carbocycles. The summed E-state index contributed by atoms with van der Waals surface area (Å²) in [5, 5.41) is 2.53. The largest absolute Gasteiger partial charge is 0.416 e. The first-order chi connectivity index (χ1) is 8.88. The third kappa shape index (κ3) is 4.53. The Morgan fingerprint density at radius 2 is 1.95 bits per heavy atom. The van der Waals surface area contributed by atoms with E-state index in [1.54, 1.807) is 0 Å². The van der Waals surface area contributed by atoms with Crippen LogP contribution in [0.2, 0.25) is 0 Å². The predicted molar refractivity (Wildman–Crippen MR) is 63.1 cm³/mol. The molecular formula is C12H15F3N2O2. The zero-order valence-electron chi connectivity index (χ0n) is 10.3. The van der Waals surface area contributed by atoms with Gasteiger partial charge in [-0.3, -0.25) is 4.79 Å². The van der Waals surface area contributed by atoms with E-state index in [0.29, 0.717) is 5.56 Å². The van der Waals surface area contributed by atoms with Crippen molar-refractivity contribution >= 4 is 5.91 Å². The molecule has 1 aromatic rings. The van der Waals surface area contributed by atoms with Crippen LogP contribution in [-0.4, -0.2) is 25.7 Å². The van der Waals surface area contributed by atoms with Crippen LogP contribution in [0, 0.1) is 0 Å². The molecule has 0 radical (unpaired) electrons. The molecule has 0 aromatic heterocycles. The summed E-state index contributed by atoms with van der Waals surface area (Å²) < 4.78 is 41.8. The van der Waals surface area contributed by atoms with Gasteiger partial charge in [0.2, 0.25) is 0 Å². The number of nitrogens with one attached hydrogen (secondary N) is 1. The lowest BCUT2D eigenvalue weighted by Crippen LogP contribution is -2.40. The third-order valence-electron chi connectivity index (χ3n) is 2.54. The van der Waals surface area contributed by atoms with Crippen LogP contribution in [0.4, 0.5) is 13.2 Å². The Kier molecular flexibility index (Phi) is 5.31. The van der Waals surface area contributed by atoms with Crippen molar-refractivity contribution in [2.45, 2.75) is 18.8 Å². The molecule has 0 fully saturated rings. The van der Waals surface area contributed by atoms with E-state index in [1.165, 1.54) is 19.2 Å². The Labute approximate surface area is 108 Å². The van der Waals surface area contributed by atoms with E-state index in [2.05, 4.69) is 5.32 Å². The van der Waals surface area contributed by atoms with Crippen molar-refractivity contribution in [2.24, 2.45) is 5.73 Å².